The summed E-state index contributed by atoms with van der Waals surface area (Å²) in [6.45, 7) is 0. The van der Waals surface area contributed by atoms with Crippen LogP contribution in [0, 0.1) is 0 Å². The zero-order valence-electron chi connectivity index (χ0n) is 11.0. The Balaban J connectivity index is 0.000000131. The molecular formula is C18H14OZr. The first kappa shape index (κ1) is 14.7. The van der Waals surface area contributed by atoms with Crippen LogP contribution in [0.4, 0.5) is 0 Å². The van der Waals surface area contributed by atoms with Crippen LogP contribution in [0.25, 0.3) is 21.5 Å². The zero-order chi connectivity index (χ0) is 14.2. The second-order valence-electron chi connectivity index (χ2n) is 4.31. The Morgan fingerprint density at radius 3 is 1.40 bits per heavy atom. The van der Waals surface area contributed by atoms with E-state index in [9.17, 15) is 0 Å². The first-order valence-corrected chi connectivity index (χ1v) is 7.35. The summed E-state index contributed by atoms with van der Waals surface area (Å²) in [5.41, 5.74) is 0. The van der Waals surface area contributed by atoms with Crippen molar-refractivity contribution in [1.29, 1.82) is 0 Å². The van der Waals surface area contributed by atoms with E-state index >= 15 is 0 Å². The first-order valence-electron chi connectivity index (χ1n) is 6.35. The Labute approximate surface area is 133 Å². The molecule has 0 aliphatic heterocycles. The summed E-state index contributed by atoms with van der Waals surface area (Å²) < 4.78 is 8.34. The summed E-state index contributed by atoms with van der Waals surface area (Å²) in [5, 5.41) is 5.32. The first-order chi connectivity index (χ1) is 9.93. The molecule has 1 nitrogen and oxygen atoms in total. The quantitative estimate of drug-likeness (QED) is 0.413. The molecule has 0 aliphatic rings. The maximum absolute atomic E-state index is 8.34. The molecule has 0 saturated heterocycles. The summed E-state index contributed by atoms with van der Waals surface area (Å²) in [6, 6.07) is 29.3. The summed E-state index contributed by atoms with van der Waals surface area (Å²) in [7, 11) is 0. The second-order valence-corrected chi connectivity index (χ2v) is 4.31. The van der Waals surface area contributed by atoms with Gasteiger partial charge in [-0.25, -0.2) is 0 Å². The molecule has 4 aromatic rings. The van der Waals surface area contributed by atoms with E-state index in [1.54, 1.807) is 0 Å². The van der Waals surface area contributed by atoms with Gasteiger partial charge in [0.15, 0.2) is 0 Å². The molecule has 0 bridgehead atoms. The molecule has 0 N–H and O–H groups in total. The van der Waals surface area contributed by atoms with Crippen molar-refractivity contribution in [2.45, 2.75) is 0 Å². The van der Waals surface area contributed by atoms with E-state index < -0.39 is 0 Å². The van der Waals surface area contributed by atoms with E-state index in [0.717, 1.165) is 0 Å². The normalized spacial score (nSPS) is 9.50. The fourth-order valence-corrected chi connectivity index (χ4v) is 2.14. The molecule has 2 heteroatoms. The molecular weight excluding hydrogens is 323 g/mol. The molecule has 0 amide bonds. The van der Waals surface area contributed by atoms with Gasteiger partial charge in [-0.3, -0.25) is 0 Å². The second kappa shape index (κ2) is 7.82. The van der Waals surface area contributed by atoms with Gasteiger partial charge in [0.1, 0.15) is 0 Å². The van der Waals surface area contributed by atoms with Crippen molar-refractivity contribution >= 4 is 21.5 Å². The van der Waals surface area contributed by atoms with Crippen molar-refractivity contribution in [2.24, 2.45) is 0 Å². The van der Waals surface area contributed by atoms with Crippen LogP contribution in [0.3, 0.4) is 0 Å². The summed E-state index contributed by atoms with van der Waals surface area (Å²) in [5.74, 6) is 0. The van der Waals surface area contributed by atoms with E-state index in [2.05, 4.69) is 84.9 Å². The molecule has 0 radical (unpaired) electrons. The van der Waals surface area contributed by atoms with Crippen LogP contribution in [0.2, 0.25) is 0 Å². The van der Waals surface area contributed by atoms with Crippen molar-refractivity contribution in [3.05, 3.63) is 84.9 Å². The number of hydrogen-bond donors (Lipinski definition) is 0. The van der Waals surface area contributed by atoms with Gasteiger partial charge in [-0.05, 0) is 0 Å². The van der Waals surface area contributed by atoms with Gasteiger partial charge in [0.2, 0.25) is 0 Å². The molecule has 0 saturated carbocycles. The van der Waals surface area contributed by atoms with Gasteiger partial charge >= 0.3 is 27.5 Å². The Morgan fingerprint density at radius 1 is 0.600 bits per heavy atom. The van der Waals surface area contributed by atoms with Crippen LogP contribution in [-0.2, 0) is 27.5 Å². The van der Waals surface area contributed by atoms with Crippen LogP contribution in [0.15, 0.2) is 84.9 Å². The standard InChI is InChI=1S/2C9H7.O.Zr/c2*1-2-5-9-7-3-6-8(9)4-1;;/h2*1-7H;;/q2*-1;;+2. The monoisotopic (exact) mass is 336 g/mol. The average Bonchev–Trinajstić information content (AvgIpc) is 3.18. The molecule has 96 valence electrons. The van der Waals surface area contributed by atoms with Gasteiger partial charge in [0.25, 0.3) is 0 Å². The molecule has 0 heterocycles. The molecule has 0 unspecified atom stereocenters. The van der Waals surface area contributed by atoms with Gasteiger partial charge in [-0.2, -0.15) is 35.0 Å². The van der Waals surface area contributed by atoms with Crippen molar-refractivity contribution < 1.29 is 27.5 Å². The van der Waals surface area contributed by atoms with E-state index in [0.29, 0.717) is 24.7 Å². The van der Waals surface area contributed by atoms with E-state index in [1.165, 1.54) is 21.5 Å². The molecule has 0 aromatic heterocycles. The van der Waals surface area contributed by atoms with Crippen LogP contribution < -0.4 is 0 Å². The number of benzene rings is 2. The zero-order valence-corrected chi connectivity index (χ0v) is 13.4. The van der Waals surface area contributed by atoms with E-state index in [4.69, 9.17) is 2.81 Å². The SMILES string of the molecule is [O]=[Zr+2].c1ccc2[cH-]ccc2c1.c1ccc2[cH-]ccc2c1. The van der Waals surface area contributed by atoms with Gasteiger partial charge in [0.05, 0.1) is 0 Å². The Kier molecular flexibility index (Phi) is 5.76. The number of fused-ring (bicyclic) bond motifs is 2. The third kappa shape index (κ3) is 3.68. The van der Waals surface area contributed by atoms with Crippen molar-refractivity contribution in [2.75, 3.05) is 0 Å². The largest absolute Gasteiger partial charge is 0.168 e. The van der Waals surface area contributed by atoms with Crippen LogP contribution >= 0.6 is 0 Å². The van der Waals surface area contributed by atoms with Crippen molar-refractivity contribution in [3.8, 4) is 0 Å². The fourth-order valence-electron chi connectivity index (χ4n) is 2.14. The van der Waals surface area contributed by atoms with E-state index in [1.807, 2.05) is 0 Å². The minimum absolute atomic E-state index is 0.300. The Hall–Kier alpha value is -1.66. The Bertz CT molecular complexity index is 640. The summed E-state index contributed by atoms with van der Waals surface area (Å²) in [4.78, 5) is 0. The number of hydrogen-bond acceptors (Lipinski definition) is 1. The fraction of sp³-hybridized carbons (Fsp3) is 0. The van der Waals surface area contributed by atoms with Gasteiger partial charge < -0.3 is 0 Å². The maximum atomic E-state index is 8.34. The number of rotatable bonds is 0. The molecule has 4 rings (SSSR count). The average molecular weight is 338 g/mol. The van der Waals surface area contributed by atoms with Crippen LogP contribution in [0.1, 0.15) is 0 Å². The van der Waals surface area contributed by atoms with E-state index in [-0.39, 0.29) is 0 Å². The molecule has 0 aliphatic carbocycles. The predicted octanol–water partition coefficient (Wildman–Crippen LogP) is 5.00. The molecule has 0 fully saturated rings. The van der Waals surface area contributed by atoms with Gasteiger partial charge in [0, 0.05) is 0 Å². The topological polar surface area (TPSA) is 17.1 Å². The van der Waals surface area contributed by atoms with Crippen molar-refractivity contribution in [1.82, 2.24) is 0 Å². The third-order valence-corrected chi connectivity index (χ3v) is 3.10. The predicted molar refractivity (Wildman–Crippen MR) is 79.8 cm³/mol. The summed E-state index contributed by atoms with van der Waals surface area (Å²) in [6.07, 6.45) is 0. The van der Waals surface area contributed by atoms with Gasteiger partial charge in [-0.15, -0.1) is 59.3 Å². The van der Waals surface area contributed by atoms with Gasteiger partial charge in [-0.1, -0.05) is 12.1 Å². The molecule has 4 aromatic carbocycles. The smallest absolute Gasteiger partial charge is 0.0809 e. The maximum Gasteiger partial charge on any atom is -0.0809 e. The minimum atomic E-state index is 0.300. The van der Waals surface area contributed by atoms with Crippen LogP contribution in [-0.4, -0.2) is 0 Å². The molecule has 0 spiro atoms. The summed E-state index contributed by atoms with van der Waals surface area (Å²) >= 11 is 0.300. The third-order valence-electron chi connectivity index (χ3n) is 3.10. The Morgan fingerprint density at radius 2 is 1.00 bits per heavy atom. The molecule has 0 atom stereocenters. The molecule has 20 heavy (non-hydrogen) atoms. The minimum Gasteiger partial charge on any atom is -0.168 e. The van der Waals surface area contributed by atoms with Crippen molar-refractivity contribution in [3.63, 3.8) is 0 Å². The van der Waals surface area contributed by atoms with Crippen LogP contribution in [0.5, 0.6) is 0 Å².